The highest BCUT2D eigenvalue weighted by molar-refractivity contribution is 5.69. The molecule has 142 valence electrons. The van der Waals surface area contributed by atoms with Gasteiger partial charge in [0.05, 0.1) is 16.9 Å². The van der Waals surface area contributed by atoms with Crippen LogP contribution in [0.4, 0.5) is 29.1 Å². The molecule has 0 unspecified atom stereocenters. The number of nitrogens with zero attached hydrogens (tertiary/aromatic N) is 4. The van der Waals surface area contributed by atoms with Gasteiger partial charge in [0.1, 0.15) is 5.82 Å². The molecule has 0 spiro atoms. The van der Waals surface area contributed by atoms with E-state index in [0.29, 0.717) is 5.56 Å². The maximum absolute atomic E-state index is 14.0. The maximum atomic E-state index is 14.0. The highest BCUT2D eigenvalue weighted by atomic mass is 19.4. The van der Waals surface area contributed by atoms with E-state index in [1.165, 1.54) is 30.3 Å². The summed E-state index contributed by atoms with van der Waals surface area (Å²) in [4.78, 5) is 8.46. The van der Waals surface area contributed by atoms with Crippen LogP contribution in [-0.2, 0) is 12.6 Å². The van der Waals surface area contributed by atoms with Gasteiger partial charge in [-0.25, -0.2) is 19.0 Å². The molecule has 0 saturated carbocycles. The monoisotopic (exact) mass is 389 g/mol. The summed E-state index contributed by atoms with van der Waals surface area (Å²) < 4.78 is 57.5. The van der Waals surface area contributed by atoms with E-state index >= 15 is 0 Å². The van der Waals surface area contributed by atoms with Gasteiger partial charge in [-0.15, -0.1) is 0 Å². The van der Waals surface area contributed by atoms with Gasteiger partial charge in [0.15, 0.2) is 5.82 Å². The van der Waals surface area contributed by atoms with Gasteiger partial charge in [-0.05, 0) is 34.1 Å². The van der Waals surface area contributed by atoms with Gasteiger partial charge in [0, 0.05) is 6.42 Å². The third-order valence-electron chi connectivity index (χ3n) is 3.94. The van der Waals surface area contributed by atoms with E-state index in [1.54, 1.807) is 6.07 Å². The number of aromatic nitrogens is 4. The Kier molecular flexibility index (Phi) is 4.38. The van der Waals surface area contributed by atoms with E-state index in [0.717, 1.165) is 12.1 Å². The molecule has 2 heterocycles. The van der Waals surface area contributed by atoms with Crippen LogP contribution < -0.4 is 5.32 Å². The van der Waals surface area contributed by atoms with Gasteiger partial charge >= 0.3 is 6.18 Å². The summed E-state index contributed by atoms with van der Waals surface area (Å²) >= 11 is 0. The minimum Gasteiger partial charge on any atom is -0.336 e. The number of fused-ring (bicyclic) bond motifs is 1. The van der Waals surface area contributed by atoms with Crippen LogP contribution in [0, 0.1) is 5.82 Å². The van der Waals surface area contributed by atoms with E-state index in [2.05, 4.69) is 30.2 Å². The Bertz CT molecular complexity index is 1140. The molecule has 6 nitrogen and oxygen atoms in total. The molecular formula is C18H11F4N5O. The van der Waals surface area contributed by atoms with Crippen molar-refractivity contribution in [2.45, 2.75) is 12.6 Å². The van der Waals surface area contributed by atoms with Crippen LogP contribution in [0.25, 0.3) is 11.3 Å². The molecule has 0 bridgehead atoms. The third-order valence-corrected chi connectivity index (χ3v) is 3.94. The number of halogens is 4. The smallest absolute Gasteiger partial charge is 0.336 e. The fourth-order valence-electron chi connectivity index (χ4n) is 2.64. The van der Waals surface area contributed by atoms with Crippen LogP contribution in [0.2, 0.25) is 0 Å². The number of benzene rings is 2. The van der Waals surface area contributed by atoms with E-state index < -0.39 is 17.6 Å². The Balaban J connectivity index is 1.74. The van der Waals surface area contributed by atoms with Crippen LogP contribution in [0.15, 0.2) is 53.2 Å². The van der Waals surface area contributed by atoms with E-state index in [1.807, 2.05) is 0 Å². The first-order valence-electron chi connectivity index (χ1n) is 8.07. The van der Waals surface area contributed by atoms with Crippen LogP contribution in [-0.4, -0.2) is 20.3 Å². The second-order valence-electron chi connectivity index (χ2n) is 5.91. The Morgan fingerprint density at radius 2 is 1.68 bits per heavy atom. The number of anilines is 2. The number of rotatable bonds is 4. The van der Waals surface area contributed by atoms with Crippen LogP contribution in [0.1, 0.15) is 16.8 Å². The molecule has 0 atom stereocenters. The highest BCUT2D eigenvalue weighted by Gasteiger charge is 2.30. The van der Waals surface area contributed by atoms with Crippen molar-refractivity contribution in [1.29, 1.82) is 0 Å². The van der Waals surface area contributed by atoms with Crippen LogP contribution in [0.3, 0.4) is 0 Å². The van der Waals surface area contributed by atoms with Crippen molar-refractivity contribution in [2.24, 2.45) is 0 Å². The van der Waals surface area contributed by atoms with Crippen molar-refractivity contribution in [3.05, 3.63) is 71.2 Å². The summed E-state index contributed by atoms with van der Waals surface area (Å²) in [6.45, 7) is 0. The molecule has 0 aliphatic carbocycles. The molecule has 1 N–H and O–H groups in total. The molecule has 0 aliphatic rings. The largest absolute Gasteiger partial charge is 0.416 e. The fraction of sp³-hybridized carbons (Fsp3) is 0.111. The summed E-state index contributed by atoms with van der Waals surface area (Å²) in [5.41, 5.74) is 0.179. The van der Waals surface area contributed by atoms with E-state index in [4.69, 9.17) is 0 Å². The molecule has 0 aliphatic heterocycles. The number of nitrogens with one attached hydrogen (secondary N) is 1. The molecule has 0 radical (unpaired) electrons. The second kappa shape index (κ2) is 6.87. The first kappa shape index (κ1) is 17.8. The number of hydrogen-bond donors (Lipinski definition) is 1. The molecule has 2 aromatic heterocycles. The van der Waals surface area contributed by atoms with Crippen LogP contribution in [0.5, 0.6) is 0 Å². The van der Waals surface area contributed by atoms with Crippen molar-refractivity contribution >= 4 is 22.8 Å². The Labute approximate surface area is 155 Å². The average Bonchev–Trinajstić information content (AvgIpc) is 3.10. The quantitative estimate of drug-likeness (QED) is 0.518. The second-order valence-corrected chi connectivity index (χ2v) is 5.91. The molecule has 4 aromatic rings. The highest BCUT2D eigenvalue weighted by Crippen LogP contribution is 2.30. The first-order valence-corrected chi connectivity index (χ1v) is 8.07. The Hall–Kier alpha value is -3.56. The first-order chi connectivity index (χ1) is 13.4. The third kappa shape index (κ3) is 3.61. The number of para-hydroxylation sites is 1. The van der Waals surface area contributed by atoms with Gasteiger partial charge < -0.3 is 5.32 Å². The maximum Gasteiger partial charge on any atom is 0.416 e. The van der Waals surface area contributed by atoms with Crippen molar-refractivity contribution < 1.29 is 22.2 Å². The van der Waals surface area contributed by atoms with Crippen LogP contribution >= 0.6 is 0 Å². The van der Waals surface area contributed by atoms with Gasteiger partial charge in [0.2, 0.25) is 11.3 Å². The number of alkyl halides is 3. The Morgan fingerprint density at radius 1 is 0.929 bits per heavy atom. The van der Waals surface area contributed by atoms with Crippen molar-refractivity contribution in [1.82, 2.24) is 20.3 Å². The van der Waals surface area contributed by atoms with E-state index in [9.17, 15) is 17.6 Å². The normalized spacial score (nSPS) is 11.7. The number of hydrogen-bond acceptors (Lipinski definition) is 6. The molecule has 0 amide bonds. The molecule has 0 fully saturated rings. The Morgan fingerprint density at radius 3 is 2.43 bits per heavy atom. The van der Waals surface area contributed by atoms with Crippen molar-refractivity contribution in [3.8, 4) is 0 Å². The minimum absolute atomic E-state index is 0.0104. The predicted molar refractivity (Wildman–Crippen MR) is 91.3 cm³/mol. The summed E-state index contributed by atoms with van der Waals surface area (Å²) in [7, 11) is 0. The zero-order valence-corrected chi connectivity index (χ0v) is 14.0. The average molecular weight is 389 g/mol. The topological polar surface area (TPSA) is 76.7 Å². The van der Waals surface area contributed by atoms with Gasteiger partial charge in [-0.3, -0.25) is 0 Å². The lowest BCUT2D eigenvalue weighted by atomic mass is 10.1. The van der Waals surface area contributed by atoms with Gasteiger partial charge in [-0.1, -0.05) is 30.3 Å². The van der Waals surface area contributed by atoms with Crippen molar-refractivity contribution in [3.63, 3.8) is 0 Å². The molecular weight excluding hydrogens is 378 g/mol. The minimum atomic E-state index is -4.46. The van der Waals surface area contributed by atoms with Gasteiger partial charge in [0.25, 0.3) is 0 Å². The summed E-state index contributed by atoms with van der Waals surface area (Å²) in [5, 5.41) is 10.0. The van der Waals surface area contributed by atoms with Crippen molar-refractivity contribution in [2.75, 3.05) is 5.32 Å². The van der Waals surface area contributed by atoms with E-state index in [-0.39, 0.29) is 34.9 Å². The standard InChI is InChI=1S/C18H11F4N5O/c19-12-6-1-2-7-13(12)23-15-14(24-16-17(25-15)27-28-26-16)9-10-4-3-5-11(8-10)18(20,21)22/h1-8H,9H2,(H,23,25,27). The zero-order valence-electron chi connectivity index (χ0n) is 14.0. The van der Waals surface area contributed by atoms with Gasteiger partial charge in [-0.2, -0.15) is 13.2 Å². The molecule has 10 heteroatoms. The molecule has 2 aromatic carbocycles. The lowest BCUT2D eigenvalue weighted by Gasteiger charge is -2.12. The SMILES string of the molecule is Fc1ccccc1Nc1nc2nonc2nc1Cc1cccc(C(F)(F)F)c1. The fourth-order valence-corrected chi connectivity index (χ4v) is 2.64. The lowest BCUT2D eigenvalue weighted by Crippen LogP contribution is -2.07. The molecule has 4 rings (SSSR count). The lowest BCUT2D eigenvalue weighted by molar-refractivity contribution is -0.137. The molecule has 28 heavy (non-hydrogen) atoms. The predicted octanol–water partition coefficient (Wildman–Crippen LogP) is 4.51. The molecule has 0 saturated heterocycles. The summed E-state index contributed by atoms with van der Waals surface area (Å²) in [6.07, 6.45) is -4.45. The summed E-state index contributed by atoms with van der Waals surface area (Å²) in [5.74, 6) is -0.376. The zero-order chi connectivity index (χ0) is 19.7. The summed E-state index contributed by atoms with van der Waals surface area (Å²) in [6, 6.07) is 10.8.